The first kappa shape index (κ1) is 15.9. The first-order chi connectivity index (χ1) is 10.5. The fourth-order valence-corrected chi connectivity index (χ4v) is 2.20. The summed E-state index contributed by atoms with van der Waals surface area (Å²) in [5.74, 6) is 1.81. The molecule has 5 nitrogen and oxygen atoms in total. The van der Waals surface area contributed by atoms with Crippen molar-refractivity contribution in [3.05, 3.63) is 52.4 Å². The van der Waals surface area contributed by atoms with E-state index in [4.69, 9.17) is 10.8 Å². The molecule has 0 atom stereocenters. The standard InChI is InChI=1S/C16H13BrN2O3/c1-3-10-18-15(20)11-6-4-5-7-12(11)19(2)16(21)13-8-9-14(17)22-13/h1,4-9H,10H2,2H3,(H,18,20). The van der Waals surface area contributed by atoms with Gasteiger partial charge in [-0.15, -0.1) is 6.42 Å². The molecule has 1 heterocycles. The van der Waals surface area contributed by atoms with Crippen molar-refractivity contribution < 1.29 is 14.0 Å². The molecule has 0 saturated heterocycles. The maximum Gasteiger partial charge on any atom is 0.293 e. The van der Waals surface area contributed by atoms with E-state index < -0.39 is 0 Å². The third-order valence-corrected chi connectivity index (χ3v) is 3.38. The van der Waals surface area contributed by atoms with Gasteiger partial charge in [0, 0.05) is 7.05 Å². The summed E-state index contributed by atoms with van der Waals surface area (Å²) in [5.41, 5.74) is 0.828. The SMILES string of the molecule is C#CCNC(=O)c1ccccc1N(C)C(=O)c1ccc(Br)o1. The molecule has 0 bridgehead atoms. The van der Waals surface area contributed by atoms with Crippen LogP contribution in [0.15, 0.2) is 45.5 Å². The summed E-state index contributed by atoms with van der Waals surface area (Å²) >= 11 is 3.15. The number of para-hydroxylation sites is 1. The van der Waals surface area contributed by atoms with Crippen LogP contribution in [0.5, 0.6) is 0 Å². The molecule has 1 N–H and O–H groups in total. The third kappa shape index (κ3) is 3.38. The minimum absolute atomic E-state index is 0.121. The second-order valence-electron chi connectivity index (χ2n) is 4.37. The van der Waals surface area contributed by atoms with Crippen molar-refractivity contribution in [2.24, 2.45) is 0 Å². The molecule has 0 radical (unpaired) electrons. The van der Waals surface area contributed by atoms with Crippen molar-refractivity contribution >= 4 is 33.4 Å². The summed E-state index contributed by atoms with van der Waals surface area (Å²) in [7, 11) is 1.58. The number of amides is 2. The van der Waals surface area contributed by atoms with Crippen molar-refractivity contribution in [1.29, 1.82) is 0 Å². The van der Waals surface area contributed by atoms with Crippen LogP contribution in [-0.2, 0) is 0 Å². The zero-order chi connectivity index (χ0) is 16.1. The molecule has 0 aliphatic heterocycles. The summed E-state index contributed by atoms with van der Waals surface area (Å²) in [6.07, 6.45) is 5.13. The Balaban J connectivity index is 2.30. The quantitative estimate of drug-likeness (QED) is 0.852. The minimum atomic E-state index is -0.358. The Kier molecular flexibility index (Phi) is 5.02. The van der Waals surface area contributed by atoms with Gasteiger partial charge in [-0.2, -0.15) is 0 Å². The van der Waals surface area contributed by atoms with Gasteiger partial charge in [0.1, 0.15) is 0 Å². The summed E-state index contributed by atoms with van der Waals surface area (Å²) in [6, 6.07) is 9.96. The average Bonchev–Trinajstić information content (AvgIpc) is 2.97. The lowest BCUT2D eigenvalue weighted by atomic mass is 10.1. The van der Waals surface area contributed by atoms with Gasteiger partial charge in [0.2, 0.25) is 0 Å². The Morgan fingerprint density at radius 3 is 2.68 bits per heavy atom. The number of nitrogens with zero attached hydrogens (tertiary/aromatic N) is 1. The van der Waals surface area contributed by atoms with E-state index >= 15 is 0 Å². The Morgan fingerprint density at radius 2 is 2.05 bits per heavy atom. The van der Waals surface area contributed by atoms with E-state index in [1.807, 2.05) is 0 Å². The molecule has 2 amide bonds. The molecule has 0 saturated carbocycles. The molecule has 1 aromatic carbocycles. The zero-order valence-corrected chi connectivity index (χ0v) is 13.4. The van der Waals surface area contributed by atoms with Gasteiger partial charge in [-0.25, -0.2) is 0 Å². The molecular weight excluding hydrogens is 348 g/mol. The van der Waals surface area contributed by atoms with Crippen LogP contribution in [0.3, 0.4) is 0 Å². The van der Waals surface area contributed by atoms with E-state index in [1.165, 1.54) is 4.90 Å². The van der Waals surface area contributed by atoms with Crippen LogP contribution in [0.2, 0.25) is 0 Å². The van der Waals surface area contributed by atoms with Gasteiger partial charge in [-0.1, -0.05) is 18.1 Å². The second-order valence-corrected chi connectivity index (χ2v) is 5.15. The Morgan fingerprint density at radius 1 is 1.32 bits per heavy atom. The highest BCUT2D eigenvalue weighted by Crippen LogP contribution is 2.22. The molecule has 0 aliphatic carbocycles. The number of hydrogen-bond donors (Lipinski definition) is 1. The molecule has 1 aromatic heterocycles. The van der Waals surface area contributed by atoms with Gasteiger partial charge in [0.05, 0.1) is 17.8 Å². The molecule has 0 fully saturated rings. The largest absolute Gasteiger partial charge is 0.444 e. The topological polar surface area (TPSA) is 62.6 Å². The number of halogens is 1. The van der Waals surface area contributed by atoms with E-state index in [9.17, 15) is 9.59 Å². The van der Waals surface area contributed by atoms with Gasteiger partial charge in [0.15, 0.2) is 10.4 Å². The van der Waals surface area contributed by atoms with Crippen molar-refractivity contribution in [2.45, 2.75) is 0 Å². The Hall–Kier alpha value is -2.52. The lowest BCUT2D eigenvalue weighted by Crippen LogP contribution is -2.30. The first-order valence-corrected chi connectivity index (χ1v) is 7.18. The normalized spacial score (nSPS) is 9.86. The molecule has 2 aromatic rings. The number of terminal acetylenes is 1. The summed E-state index contributed by atoms with van der Waals surface area (Å²) < 4.78 is 5.71. The molecule has 0 unspecified atom stereocenters. The molecule has 22 heavy (non-hydrogen) atoms. The maximum absolute atomic E-state index is 12.4. The highest BCUT2D eigenvalue weighted by molar-refractivity contribution is 9.10. The molecule has 6 heteroatoms. The zero-order valence-electron chi connectivity index (χ0n) is 11.8. The smallest absolute Gasteiger partial charge is 0.293 e. The number of furan rings is 1. The summed E-state index contributed by atoms with van der Waals surface area (Å²) in [5, 5.41) is 2.58. The lowest BCUT2D eigenvalue weighted by Gasteiger charge is -2.19. The molecule has 112 valence electrons. The third-order valence-electron chi connectivity index (χ3n) is 2.95. The highest BCUT2D eigenvalue weighted by atomic mass is 79.9. The van der Waals surface area contributed by atoms with Crippen LogP contribution >= 0.6 is 15.9 Å². The summed E-state index contributed by atoms with van der Waals surface area (Å²) in [6.45, 7) is 0.121. The number of benzene rings is 1. The van der Waals surface area contributed by atoms with E-state index in [-0.39, 0.29) is 24.1 Å². The molecule has 2 rings (SSSR count). The number of rotatable bonds is 4. The lowest BCUT2D eigenvalue weighted by molar-refractivity contribution is 0.0958. The van der Waals surface area contributed by atoms with Crippen LogP contribution in [-0.4, -0.2) is 25.4 Å². The Labute approximate surface area is 136 Å². The van der Waals surface area contributed by atoms with Crippen molar-refractivity contribution in [3.63, 3.8) is 0 Å². The van der Waals surface area contributed by atoms with Crippen LogP contribution in [0.25, 0.3) is 0 Å². The van der Waals surface area contributed by atoms with E-state index in [2.05, 4.69) is 27.2 Å². The highest BCUT2D eigenvalue weighted by Gasteiger charge is 2.21. The van der Waals surface area contributed by atoms with Gasteiger partial charge in [-0.3, -0.25) is 9.59 Å². The van der Waals surface area contributed by atoms with Gasteiger partial charge in [0.25, 0.3) is 11.8 Å². The van der Waals surface area contributed by atoms with Gasteiger partial charge in [-0.05, 0) is 40.2 Å². The van der Waals surface area contributed by atoms with Gasteiger partial charge < -0.3 is 14.6 Å². The average molecular weight is 361 g/mol. The van der Waals surface area contributed by atoms with E-state index in [0.717, 1.165) is 0 Å². The number of anilines is 1. The first-order valence-electron chi connectivity index (χ1n) is 6.38. The number of carbonyl (C=O) groups is 2. The number of carbonyl (C=O) groups excluding carboxylic acids is 2. The van der Waals surface area contributed by atoms with Crippen molar-refractivity contribution in [3.8, 4) is 12.3 Å². The predicted molar refractivity (Wildman–Crippen MR) is 86.7 cm³/mol. The van der Waals surface area contributed by atoms with E-state index in [0.29, 0.717) is 15.9 Å². The monoisotopic (exact) mass is 360 g/mol. The van der Waals surface area contributed by atoms with E-state index in [1.54, 1.807) is 43.4 Å². The Bertz CT molecular complexity index is 746. The van der Waals surface area contributed by atoms with Crippen LogP contribution in [0.4, 0.5) is 5.69 Å². The van der Waals surface area contributed by atoms with Crippen LogP contribution in [0, 0.1) is 12.3 Å². The minimum Gasteiger partial charge on any atom is -0.444 e. The van der Waals surface area contributed by atoms with Crippen LogP contribution < -0.4 is 10.2 Å². The fraction of sp³-hybridized carbons (Fsp3) is 0.125. The maximum atomic E-state index is 12.4. The van der Waals surface area contributed by atoms with Crippen molar-refractivity contribution in [1.82, 2.24) is 5.32 Å². The van der Waals surface area contributed by atoms with Crippen molar-refractivity contribution in [2.75, 3.05) is 18.5 Å². The number of nitrogens with one attached hydrogen (secondary N) is 1. The second kappa shape index (κ2) is 6.96. The number of hydrogen-bond acceptors (Lipinski definition) is 3. The molecule has 0 aliphatic rings. The van der Waals surface area contributed by atoms with Gasteiger partial charge >= 0.3 is 0 Å². The molecular formula is C16H13BrN2O3. The predicted octanol–water partition coefficient (Wildman–Crippen LogP) is 2.68. The molecule has 0 spiro atoms. The fourth-order valence-electron chi connectivity index (χ4n) is 1.89. The van der Waals surface area contributed by atoms with Crippen LogP contribution in [0.1, 0.15) is 20.9 Å². The summed E-state index contributed by atoms with van der Waals surface area (Å²) in [4.78, 5) is 25.9.